The van der Waals surface area contributed by atoms with Crippen LogP contribution in [0.3, 0.4) is 0 Å². The van der Waals surface area contributed by atoms with Gasteiger partial charge in [0, 0.05) is 19.7 Å². The van der Waals surface area contributed by atoms with Crippen LogP contribution in [0.5, 0.6) is 0 Å². The second-order valence-electron chi connectivity index (χ2n) is 4.05. The first-order chi connectivity index (χ1) is 8.33. The van der Waals surface area contributed by atoms with Crippen LogP contribution in [0.25, 0.3) is 0 Å². The third-order valence-electron chi connectivity index (χ3n) is 2.59. The van der Waals surface area contributed by atoms with Crippen LogP contribution in [0, 0.1) is 0 Å². The third kappa shape index (κ3) is 7.31. The van der Waals surface area contributed by atoms with Crippen molar-refractivity contribution in [1.82, 2.24) is 5.32 Å². The summed E-state index contributed by atoms with van der Waals surface area (Å²) in [4.78, 5) is 10.9. The molecule has 17 heavy (non-hydrogen) atoms. The molecule has 0 saturated carbocycles. The predicted octanol–water partition coefficient (Wildman–Crippen LogP) is 0.725. The quantitative estimate of drug-likeness (QED) is 0.504. The van der Waals surface area contributed by atoms with E-state index in [0.29, 0.717) is 19.3 Å². The van der Waals surface area contributed by atoms with E-state index >= 15 is 0 Å². The molecule has 0 aromatic heterocycles. The van der Waals surface area contributed by atoms with E-state index in [4.69, 9.17) is 14.2 Å². The zero-order valence-electron chi connectivity index (χ0n) is 10.6. The molecular weight excluding hydrogens is 222 g/mol. The molecule has 0 bridgehead atoms. The Hall–Kier alpha value is -0.650. The minimum Gasteiger partial charge on any atom is -0.464 e. The molecule has 1 fully saturated rings. The van der Waals surface area contributed by atoms with Gasteiger partial charge in [-0.2, -0.15) is 0 Å². The summed E-state index contributed by atoms with van der Waals surface area (Å²) < 4.78 is 15.5. The number of nitrogens with one attached hydrogen (secondary N) is 1. The molecule has 1 aliphatic rings. The van der Waals surface area contributed by atoms with E-state index in [1.54, 1.807) is 6.92 Å². The lowest BCUT2D eigenvalue weighted by molar-refractivity contribution is -0.148. The Labute approximate surface area is 103 Å². The maximum absolute atomic E-state index is 10.9. The Morgan fingerprint density at radius 2 is 2.35 bits per heavy atom. The summed E-state index contributed by atoms with van der Waals surface area (Å²) in [6.07, 6.45) is 3.91. The number of carbonyl (C=O) groups is 1. The molecule has 0 aromatic rings. The van der Waals surface area contributed by atoms with Gasteiger partial charge in [-0.1, -0.05) is 0 Å². The first-order valence-corrected chi connectivity index (χ1v) is 6.38. The van der Waals surface area contributed by atoms with Crippen LogP contribution in [0.4, 0.5) is 0 Å². The highest BCUT2D eigenvalue weighted by molar-refractivity contribution is 5.70. The predicted molar refractivity (Wildman–Crippen MR) is 63.9 cm³/mol. The number of rotatable bonds is 8. The first-order valence-electron chi connectivity index (χ1n) is 6.38. The molecule has 1 saturated heterocycles. The van der Waals surface area contributed by atoms with Gasteiger partial charge in [-0.25, -0.2) is 4.79 Å². The summed E-state index contributed by atoms with van der Waals surface area (Å²) in [5.41, 5.74) is 0. The van der Waals surface area contributed by atoms with E-state index in [-0.39, 0.29) is 12.6 Å². The van der Waals surface area contributed by atoms with Crippen molar-refractivity contribution in [3.8, 4) is 0 Å². The van der Waals surface area contributed by atoms with E-state index < -0.39 is 0 Å². The monoisotopic (exact) mass is 245 g/mol. The van der Waals surface area contributed by atoms with Gasteiger partial charge in [0.05, 0.1) is 19.3 Å². The molecule has 1 rings (SSSR count). The fourth-order valence-corrected chi connectivity index (χ4v) is 1.73. The molecule has 1 heterocycles. The van der Waals surface area contributed by atoms with Gasteiger partial charge in [0.25, 0.3) is 0 Å². The lowest BCUT2D eigenvalue weighted by Crippen LogP contribution is -2.33. The van der Waals surface area contributed by atoms with E-state index in [2.05, 4.69) is 5.32 Å². The van der Waals surface area contributed by atoms with E-state index in [9.17, 15) is 4.79 Å². The number of hydrogen-bond donors (Lipinski definition) is 1. The molecule has 0 spiro atoms. The number of carbonyl (C=O) groups excluding carboxylic acids is 1. The fourth-order valence-electron chi connectivity index (χ4n) is 1.73. The number of ether oxygens (including phenoxy) is 3. The summed E-state index contributed by atoms with van der Waals surface area (Å²) in [5.74, 6) is -0.303. The van der Waals surface area contributed by atoms with Crippen molar-refractivity contribution < 1.29 is 19.0 Å². The van der Waals surface area contributed by atoms with Crippen LogP contribution in [0.15, 0.2) is 0 Å². The van der Waals surface area contributed by atoms with E-state index in [1.807, 2.05) is 0 Å². The highest BCUT2D eigenvalue weighted by Crippen LogP contribution is 2.11. The lowest BCUT2D eigenvalue weighted by Gasteiger charge is -2.22. The highest BCUT2D eigenvalue weighted by atomic mass is 16.6. The highest BCUT2D eigenvalue weighted by Gasteiger charge is 2.12. The van der Waals surface area contributed by atoms with Crippen LogP contribution < -0.4 is 5.32 Å². The molecule has 1 unspecified atom stereocenters. The lowest BCUT2D eigenvalue weighted by atomic mass is 10.1. The standard InChI is InChI=1S/C12H23NO4/c1-2-16-12(14)10-15-8-6-13-9-11-5-3-4-7-17-11/h11,13H,2-10H2,1H3. The molecule has 5 heteroatoms. The minimum atomic E-state index is -0.303. The van der Waals surface area contributed by atoms with E-state index in [1.165, 1.54) is 12.8 Å². The molecule has 1 aliphatic heterocycles. The Morgan fingerprint density at radius 3 is 3.06 bits per heavy atom. The normalized spacial score (nSPS) is 20.2. The Balaban J connectivity index is 1.85. The largest absolute Gasteiger partial charge is 0.464 e. The summed E-state index contributed by atoms with van der Waals surface area (Å²) in [5, 5.41) is 3.26. The Bertz CT molecular complexity index is 205. The maximum atomic E-state index is 10.9. The van der Waals surface area contributed by atoms with Crippen molar-refractivity contribution in [3.63, 3.8) is 0 Å². The zero-order valence-corrected chi connectivity index (χ0v) is 10.6. The molecular formula is C12H23NO4. The average molecular weight is 245 g/mol. The van der Waals surface area contributed by atoms with Crippen molar-refractivity contribution >= 4 is 5.97 Å². The molecule has 0 amide bonds. The van der Waals surface area contributed by atoms with Crippen molar-refractivity contribution in [1.29, 1.82) is 0 Å². The van der Waals surface area contributed by atoms with Crippen molar-refractivity contribution in [3.05, 3.63) is 0 Å². The molecule has 5 nitrogen and oxygen atoms in total. The topological polar surface area (TPSA) is 56.8 Å². The van der Waals surface area contributed by atoms with Crippen LogP contribution in [0.1, 0.15) is 26.2 Å². The van der Waals surface area contributed by atoms with Gasteiger partial charge in [0.1, 0.15) is 6.61 Å². The van der Waals surface area contributed by atoms with Gasteiger partial charge in [-0.15, -0.1) is 0 Å². The Kier molecular flexibility index (Phi) is 7.96. The van der Waals surface area contributed by atoms with Gasteiger partial charge in [0.2, 0.25) is 0 Å². The average Bonchev–Trinajstić information content (AvgIpc) is 2.35. The minimum absolute atomic E-state index is 0.0372. The SMILES string of the molecule is CCOC(=O)COCCNCC1CCCCO1. The zero-order chi connectivity index (χ0) is 12.3. The first kappa shape index (κ1) is 14.4. The summed E-state index contributed by atoms with van der Waals surface area (Å²) in [6.45, 7) is 5.22. The van der Waals surface area contributed by atoms with Crippen molar-refractivity contribution in [2.75, 3.05) is 39.5 Å². The Morgan fingerprint density at radius 1 is 1.47 bits per heavy atom. The molecule has 0 radical (unpaired) electrons. The molecule has 100 valence electrons. The van der Waals surface area contributed by atoms with E-state index in [0.717, 1.165) is 26.1 Å². The maximum Gasteiger partial charge on any atom is 0.332 e. The summed E-state index contributed by atoms with van der Waals surface area (Å²) >= 11 is 0. The molecule has 0 aromatic carbocycles. The molecule has 1 atom stereocenters. The summed E-state index contributed by atoms with van der Waals surface area (Å²) in [6, 6.07) is 0. The third-order valence-corrected chi connectivity index (χ3v) is 2.59. The number of hydrogen-bond acceptors (Lipinski definition) is 5. The van der Waals surface area contributed by atoms with Gasteiger partial charge in [-0.3, -0.25) is 0 Å². The van der Waals surface area contributed by atoms with Gasteiger partial charge in [-0.05, 0) is 26.2 Å². The molecule has 1 N–H and O–H groups in total. The van der Waals surface area contributed by atoms with Gasteiger partial charge < -0.3 is 19.5 Å². The van der Waals surface area contributed by atoms with Gasteiger partial charge in [0.15, 0.2) is 0 Å². The second-order valence-corrected chi connectivity index (χ2v) is 4.05. The second kappa shape index (κ2) is 9.39. The van der Waals surface area contributed by atoms with Crippen LogP contribution >= 0.6 is 0 Å². The van der Waals surface area contributed by atoms with Gasteiger partial charge >= 0.3 is 5.97 Å². The molecule has 0 aliphatic carbocycles. The van der Waals surface area contributed by atoms with Crippen LogP contribution in [-0.4, -0.2) is 51.6 Å². The van der Waals surface area contributed by atoms with Crippen molar-refractivity contribution in [2.45, 2.75) is 32.3 Å². The number of esters is 1. The smallest absolute Gasteiger partial charge is 0.332 e. The van der Waals surface area contributed by atoms with Crippen LogP contribution in [-0.2, 0) is 19.0 Å². The summed E-state index contributed by atoms with van der Waals surface area (Å²) in [7, 11) is 0. The fraction of sp³-hybridized carbons (Fsp3) is 0.917. The van der Waals surface area contributed by atoms with Crippen LogP contribution in [0.2, 0.25) is 0 Å². The van der Waals surface area contributed by atoms with Crippen molar-refractivity contribution in [2.24, 2.45) is 0 Å².